The highest BCUT2D eigenvalue weighted by atomic mass is 32.2. The molecule has 31 heavy (non-hydrogen) atoms. The van der Waals surface area contributed by atoms with Crippen molar-refractivity contribution in [3.63, 3.8) is 0 Å². The lowest BCUT2D eigenvalue weighted by Crippen LogP contribution is -2.33. The third-order valence-electron chi connectivity index (χ3n) is 5.73. The molecule has 8 nitrogen and oxygen atoms in total. The van der Waals surface area contributed by atoms with Crippen LogP contribution >= 0.6 is 23.1 Å². The summed E-state index contributed by atoms with van der Waals surface area (Å²) in [6, 6.07) is 1.90. The Bertz CT molecular complexity index is 1210. The average molecular weight is 457 g/mol. The van der Waals surface area contributed by atoms with Gasteiger partial charge in [-0.15, -0.1) is 11.3 Å². The van der Waals surface area contributed by atoms with Crippen LogP contribution in [0.25, 0.3) is 5.13 Å². The van der Waals surface area contributed by atoms with Gasteiger partial charge in [-0.1, -0.05) is 11.8 Å². The van der Waals surface area contributed by atoms with E-state index >= 15 is 0 Å². The van der Waals surface area contributed by atoms with Crippen molar-refractivity contribution in [2.24, 2.45) is 0 Å². The zero-order chi connectivity index (χ0) is 21.5. The van der Waals surface area contributed by atoms with Crippen LogP contribution in [-0.2, 0) is 24.1 Å². The van der Waals surface area contributed by atoms with Crippen molar-refractivity contribution >= 4 is 29.0 Å². The third-order valence-corrected chi connectivity index (χ3v) is 7.69. The molecule has 3 aromatic rings. The van der Waals surface area contributed by atoms with Crippen LogP contribution < -0.4 is 10.9 Å². The van der Waals surface area contributed by atoms with E-state index in [9.17, 15) is 9.59 Å². The van der Waals surface area contributed by atoms with Crippen LogP contribution in [0.15, 0.2) is 21.4 Å². The van der Waals surface area contributed by atoms with Crippen LogP contribution in [0.5, 0.6) is 0 Å². The number of nitrogens with one attached hydrogen (secondary N) is 1. The molecule has 10 heteroatoms. The molecule has 1 unspecified atom stereocenters. The number of carbonyl (C=O) groups excluding carboxylic acids is 1. The standard InChI is InChI=1S/C21H24N6O2S2/c1-12-8-13(2)27(25-12)21-23-14(10-30-21)6-7-22-18(28)9-15-11-31-20-24-17-5-3-4-16(17)19(29)26(15)20/h8,10,15H,3-7,9,11H2,1-2H3,(H,22,28). The van der Waals surface area contributed by atoms with E-state index in [1.54, 1.807) is 27.7 Å². The molecule has 162 valence electrons. The minimum atomic E-state index is -0.122. The minimum absolute atomic E-state index is 0.0418. The van der Waals surface area contributed by atoms with Gasteiger partial charge >= 0.3 is 0 Å². The summed E-state index contributed by atoms with van der Waals surface area (Å²) in [7, 11) is 0. The summed E-state index contributed by atoms with van der Waals surface area (Å²) >= 11 is 3.12. The highest BCUT2D eigenvalue weighted by molar-refractivity contribution is 7.99. The molecule has 0 bridgehead atoms. The number of hydrogen-bond acceptors (Lipinski definition) is 7. The van der Waals surface area contributed by atoms with Crippen LogP contribution in [0.3, 0.4) is 0 Å². The molecule has 0 saturated carbocycles. The third kappa shape index (κ3) is 3.94. The SMILES string of the molecule is Cc1cc(C)n(-c2nc(CCNC(=O)CC3CSc4nc5c(c(=O)n43)CCC5)cs2)n1. The summed E-state index contributed by atoms with van der Waals surface area (Å²) in [5.41, 5.74) is 4.81. The topological polar surface area (TPSA) is 94.7 Å². The molecule has 2 aliphatic rings. The second kappa shape index (κ2) is 8.23. The zero-order valence-electron chi connectivity index (χ0n) is 17.6. The van der Waals surface area contributed by atoms with Crippen molar-refractivity contribution in [2.75, 3.05) is 12.3 Å². The summed E-state index contributed by atoms with van der Waals surface area (Å²) in [6.45, 7) is 4.49. The van der Waals surface area contributed by atoms with E-state index in [1.165, 1.54) is 0 Å². The van der Waals surface area contributed by atoms with E-state index in [4.69, 9.17) is 0 Å². The number of aromatic nitrogens is 5. The Morgan fingerprint density at radius 1 is 1.29 bits per heavy atom. The highest BCUT2D eigenvalue weighted by Gasteiger charge is 2.31. The van der Waals surface area contributed by atoms with Crippen molar-refractivity contribution in [1.29, 1.82) is 0 Å². The molecule has 1 atom stereocenters. The van der Waals surface area contributed by atoms with Crippen LogP contribution in [0.4, 0.5) is 0 Å². The summed E-state index contributed by atoms with van der Waals surface area (Å²) in [5, 5.41) is 11.1. The normalized spacial score (nSPS) is 17.0. The lowest BCUT2D eigenvalue weighted by atomic mass is 10.2. The molecule has 1 amide bonds. The quantitative estimate of drug-likeness (QED) is 0.573. The van der Waals surface area contributed by atoms with Crippen molar-refractivity contribution in [3.8, 4) is 5.13 Å². The maximum absolute atomic E-state index is 12.9. The van der Waals surface area contributed by atoms with E-state index < -0.39 is 0 Å². The molecule has 4 heterocycles. The van der Waals surface area contributed by atoms with Crippen LogP contribution in [-0.4, -0.2) is 42.5 Å². The molecule has 3 aromatic heterocycles. The number of rotatable bonds is 6. The first-order valence-electron chi connectivity index (χ1n) is 10.5. The number of aryl methyl sites for hydroxylation is 3. The fourth-order valence-corrected chi connectivity index (χ4v) is 6.27. The van der Waals surface area contributed by atoms with Gasteiger partial charge in [0.05, 0.1) is 23.1 Å². The van der Waals surface area contributed by atoms with Gasteiger partial charge in [-0.05, 0) is 39.2 Å². The van der Waals surface area contributed by atoms with Crippen molar-refractivity contribution in [3.05, 3.63) is 50.1 Å². The van der Waals surface area contributed by atoms with Crippen molar-refractivity contribution < 1.29 is 4.79 Å². The van der Waals surface area contributed by atoms with Gasteiger partial charge in [-0.2, -0.15) is 5.10 Å². The number of hydrogen-bond donors (Lipinski definition) is 1. The lowest BCUT2D eigenvalue weighted by molar-refractivity contribution is -0.121. The Labute approximate surface area is 188 Å². The van der Waals surface area contributed by atoms with Gasteiger partial charge in [0.1, 0.15) is 0 Å². The van der Waals surface area contributed by atoms with Gasteiger partial charge in [-0.25, -0.2) is 14.6 Å². The van der Waals surface area contributed by atoms with Gasteiger partial charge in [0.15, 0.2) is 5.16 Å². The molecule has 0 radical (unpaired) electrons. The molecule has 0 fully saturated rings. The molecular weight excluding hydrogens is 432 g/mol. The van der Waals surface area contributed by atoms with Crippen LogP contribution in [0.2, 0.25) is 0 Å². The summed E-state index contributed by atoms with van der Waals surface area (Å²) in [5.74, 6) is 0.677. The second-order valence-electron chi connectivity index (χ2n) is 8.08. The number of thiazole rings is 1. The van der Waals surface area contributed by atoms with Crippen LogP contribution in [0.1, 0.15) is 47.2 Å². The molecule has 1 N–H and O–H groups in total. The predicted octanol–water partition coefficient (Wildman–Crippen LogP) is 2.39. The number of amides is 1. The Morgan fingerprint density at radius 2 is 2.16 bits per heavy atom. The first kappa shape index (κ1) is 20.4. The molecule has 1 aliphatic heterocycles. The van der Waals surface area contributed by atoms with Gasteiger partial charge < -0.3 is 5.32 Å². The van der Waals surface area contributed by atoms with E-state index in [0.29, 0.717) is 19.4 Å². The molecule has 1 aliphatic carbocycles. The maximum atomic E-state index is 12.9. The van der Waals surface area contributed by atoms with Crippen molar-refractivity contribution in [2.45, 2.75) is 57.1 Å². The van der Waals surface area contributed by atoms with E-state index in [0.717, 1.165) is 63.6 Å². The van der Waals surface area contributed by atoms with Crippen molar-refractivity contribution in [1.82, 2.24) is 29.6 Å². The number of fused-ring (bicyclic) bond motifs is 2. The fourth-order valence-electron chi connectivity index (χ4n) is 4.25. The Kier molecular flexibility index (Phi) is 5.43. The largest absolute Gasteiger partial charge is 0.356 e. The Hall–Kier alpha value is -2.46. The lowest BCUT2D eigenvalue weighted by Gasteiger charge is -2.14. The predicted molar refractivity (Wildman–Crippen MR) is 120 cm³/mol. The van der Waals surface area contributed by atoms with Crippen LogP contribution in [0, 0.1) is 13.8 Å². The summed E-state index contributed by atoms with van der Waals surface area (Å²) in [4.78, 5) is 34.7. The van der Waals surface area contributed by atoms with E-state index in [2.05, 4.69) is 20.4 Å². The summed E-state index contributed by atoms with van der Waals surface area (Å²) in [6.07, 6.45) is 3.65. The highest BCUT2D eigenvalue weighted by Crippen LogP contribution is 2.33. The first-order valence-corrected chi connectivity index (χ1v) is 12.4. The average Bonchev–Trinajstić information content (AvgIpc) is 3.50. The maximum Gasteiger partial charge on any atom is 0.257 e. The molecule has 5 rings (SSSR count). The number of carbonyl (C=O) groups is 1. The fraction of sp³-hybridized carbons (Fsp3) is 0.476. The summed E-state index contributed by atoms with van der Waals surface area (Å²) < 4.78 is 3.59. The van der Waals surface area contributed by atoms with E-state index in [-0.39, 0.29) is 17.5 Å². The Morgan fingerprint density at radius 3 is 2.97 bits per heavy atom. The Balaban J connectivity index is 1.17. The second-order valence-corrected chi connectivity index (χ2v) is 9.90. The number of nitrogens with zero attached hydrogens (tertiary/aromatic N) is 5. The molecular formula is C21H24N6O2S2. The van der Waals surface area contributed by atoms with Gasteiger partial charge in [0.2, 0.25) is 11.0 Å². The minimum Gasteiger partial charge on any atom is -0.356 e. The molecule has 0 saturated heterocycles. The zero-order valence-corrected chi connectivity index (χ0v) is 19.2. The smallest absolute Gasteiger partial charge is 0.257 e. The number of thioether (sulfide) groups is 1. The monoisotopic (exact) mass is 456 g/mol. The van der Waals surface area contributed by atoms with Gasteiger partial charge in [-0.3, -0.25) is 14.2 Å². The molecule has 0 aromatic carbocycles. The first-order chi connectivity index (χ1) is 15.0. The van der Waals surface area contributed by atoms with Gasteiger partial charge in [0, 0.05) is 41.8 Å². The van der Waals surface area contributed by atoms with Gasteiger partial charge in [0.25, 0.3) is 5.56 Å². The van der Waals surface area contributed by atoms with E-state index in [1.807, 2.05) is 30.0 Å². The molecule has 0 spiro atoms.